The average Bonchev–Trinajstić information content (AvgIpc) is 2.77. The van der Waals surface area contributed by atoms with Crippen LogP contribution in [-0.2, 0) is 0 Å². The molecule has 0 aliphatic rings. The second-order valence-corrected chi connectivity index (χ2v) is 6.75. The molecule has 4 rings (SSSR count). The fourth-order valence-electron chi connectivity index (χ4n) is 3.11. The molecule has 0 atom stereocenters. The van der Waals surface area contributed by atoms with Crippen molar-refractivity contribution in [3.05, 3.63) is 90.0 Å². The van der Waals surface area contributed by atoms with Crippen molar-refractivity contribution < 1.29 is 9.53 Å². The van der Waals surface area contributed by atoms with Crippen molar-refractivity contribution in [2.24, 2.45) is 0 Å². The second-order valence-electron chi connectivity index (χ2n) is 6.75. The van der Waals surface area contributed by atoms with Crippen molar-refractivity contribution in [3.63, 3.8) is 0 Å². The Hall–Kier alpha value is -3.73. The summed E-state index contributed by atoms with van der Waals surface area (Å²) >= 11 is 0. The Balaban J connectivity index is 1.31. The highest BCUT2D eigenvalue weighted by Crippen LogP contribution is 2.19. The third-order valence-corrected chi connectivity index (χ3v) is 4.66. The molecular weight excluding hydrogens is 362 g/mol. The number of carbonyl (C=O) groups is 1. The number of aromatic nitrogens is 2. The Morgan fingerprint density at radius 1 is 0.897 bits per heavy atom. The van der Waals surface area contributed by atoms with Gasteiger partial charge in [0.05, 0.1) is 12.2 Å². The molecule has 5 heteroatoms. The van der Waals surface area contributed by atoms with E-state index >= 15 is 0 Å². The summed E-state index contributed by atoms with van der Waals surface area (Å²) in [6.07, 6.45) is 0. The number of nitrogens with one attached hydrogen (secondary N) is 1. The van der Waals surface area contributed by atoms with Gasteiger partial charge in [0, 0.05) is 17.2 Å². The molecule has 0 radical (unpaired) electrons. The standard InChI is InChI=1S/C24H21N3O2/c1-17-9-11-19(12-10-17)22-13-14-23(27-26-22)29-16-15-25-24(28)21-8-4-6-18-5-2-3-7-20(18)21/h2-14H,15-16H2,1H3,(H,25,28). The van der Waals surface area contributed by atoms with E-state index in [0.29, 0.717) is 24.6 Å². The highest BCUT2D eigenvalue weighted by molar-refractivity contribution is 6.06. The number of rotatable bonds is 6. The van der Waals surface area contributed by atoms with Gasteiger partial charge < -0.3 is 10.1 Å². The predicted molar refractivity (Wildman–Crippen MR) is 114 cm³/mol. The minimum Gasteiger partial charge on any atom is -0.475 e. The molecule has 3 aromatic carbocycles. The number of benzene rings is 3. The first-order chi connectivity index (χ1) is 14.2. The lowest BCUT2D eigenvalue weighted by Crippen LogP contribution is -2.28. The first-order valence-corrected chi connectivity index (χ1v) is 9.50. The van der Waals surface area contributed by atoms with Crippen LogP contribution in [-0.4, -0.2) is 29.3 Å². The minimum absolute atomic E-state index is 0.119. The van der Waals surface area contributed by atoms with Gasteiger partial charge in [0.2, 0.25) is 5.88 Å². The summed E-state index contributed by atoms with van der Waals surface area (Å²) in [5.41, 5.74) is 3.66. The Bertz CT molecular complexity index is 1120. The van der Waals surface area contributed by atoms with E-state index in [4.69, 9.17) is 4.74 Å². The molecule has 5 nitrogen and oxygen atoms in total. The molecular formula is C24H21N3O2. The van der Waals surface area contributed by atoms with Crippen LogP contribution in [0.15, 0.2) is 78.9 Å². The zero-order valence-corrected chi connectivity index (χ0v) is 16.1. The van der Waals surface area contributed by atoms with E-state index in [-0.39, 0.29) is 5.91 Å². The molecule has 1 aromatic heterocycles. The summed E-state index contributed by atoms with van der Waals surface area (Å²) in [5.74, 6) is 0.312. The Morgan fingerprint density at radius 3 is 2.48 bits per heavy atom. The number of hydrogen-bond acceptors (Lipinski definition) is 4. The molecule has 0 bridgehead atoms. The Kier molecular flexibility index (Phi) is 5.47. The quantitative estimate of drug-likeness (QED) is 0.501. The van der Waals surface area contributed by atoms with E-state index in [2.05, 4.69) is 15.5 Å². The van der Waals surface area contributed by atoms with Gasteiger partial charge in [-0.05, 0) is 29.8 Å². The molecule has 1 heterocycles. The number of fused-ring (bicyclic) bond motifs is 1. The molecule has 1 amide bonds. The number of hydrogen-bond donors (Lipinski definition) is 1. The number of amides is 1. The number of ether oxygens (including phenoxy) is 1. The fraction of sp³-hybridized carbons (Fsp3) is 0.125. The van der Waals surface area contributed by atoms with Crippen molar-refractivity contribution in [1.82, 2.24) is 15.5 Å². The lowest BCUT2D eigenvalue weighted by molar-refractivity contribution is 0.0948. The normalized spacial score (nSPS) is 10.7. The SMILES string of the molecule is Cc1ccc(-c2ccc(OCCNC(=O)c3cccc4ccccc34)nn2)cc1. The lowest BCUT2D eigenvalue weighted by atomic mass is 10.0. The summed E-state index contributed by atoms with van der Waals surface area (Å²) in [5, 5.41) is 13.2. The van der Waals surface area contributed by atoms with E-state index in [1.54, 1.807) is 6.07 Å². The van der Waals surface area contributed by atoms with Gasteiger partial charge in [0.25, 0.3) is 5.91 Å². The third-order valence-electron chi connectivity index (χ3n) is 4.66. The van der Waals surface area contributed by atoms with Crippen molar-refractivity contribution >= 4 is 16.7 Å². The van der Waals surface area contributed by atoms with Crippen LogP contribution in [0.2, 0.25) is 0 Å². The minimum atomic E-state index is -0.119. The summed E-state index contributed by atoms with van der Waals surface area (Å²) in [6.45, 7) is 2.74. The molecule has 0 saturated heterocycles. The van der Waals surface area contributed by atoms with Crippen molar-refractivity contribution in [1.29, 1.82) is 0 Å². The summed E-state index contributed by atoms with van der Waals surface area (Å²) < 4.78 is 5.60. The van der Waals surface area contributed by atoms with Gasteiger partial charge in [0.15, 0.2) is 0 Å². The third kappa shape index (κ3) is 4.41. The van der Waals surface area contributed by atoms with E-state index < -0.39 is 0 Å². The monoisotopic (exact) mass is 383 g/mol. The summed E-state index contributed by atoms with van der Waals surface area (Å²) in [7, 11) is 0. The summed E-state index contributed by atoms with van der Waals surface area (Å²) in [4.78, 5) is 12.5. The highest BCUT2D eigenvalue weighted by atomic mass is 16.5. The van der Waals surface area contributed by atoms with E-state index in [1.165, 1.54) is 5.56 Å². The van der Waals surface area contributed by atoms with Crippen LogP contribution in [0.4, 0.5) is 0 Å². The van der Waals surface area contributed by atoms with Crippen LogP contribution in [0.5, 0.6) is 5.88 Å². The van der Waals surface area contributed by atoms with Gasteiger partial charge in [-0.15, -0.1) is 10.2 Å². The van der Waals surface area contributed by atoms with Crippen LogP contribution in [0.3, 0.4) is 0 Å². The van der Waals surface area contributed by atoms with E-state index in [1.807, 2.05) is 79.7 Å². The number of carbonyl (C=O) groups excluding carboxylic acids is 1. The molecule has 0 aliphatic heterocycles. The fourth-order valence-corrected chi connectivity index (χ4v) is 3.11. The molecule has 29 heavy (non-hydrogen) atoms. The molecule has 0 aliphatic carbocycles. The largest absolute Gasteiger partial charge is 0.475 e. The molecule has 1 N–H and O–H groups in total. The second kappa shape index (κ2) is 8.52. The molecule has 4 aromatic rings. The van der Waals surface area contributed by atoms with Crippen molar-refractivity contribution in [3.8, 4) is 17.1 Å². The lowest BCUT2D eigenvalue weighted by Gasteiger charge is -2.09. The van der Waals surface area contributed by atoms with Gasteiger partial charge >= 0.3 is 0 Å². The van der Waals surface area contributed by atoms with Crippen LogP contribution in [0.25, 0.3) is 22.0 Å². The molecule has 144 valence electrons. The van der Waals surface area contributed by atoms with Gasteiger partial charge in [-0.1, -0.05) is 66.2 Å². The Morgan fingerprint density at radius 2 is 1.69 bits per heavy atom. The zero-order valence-electron chi connectivity index (χ0n) is 16.1. The van der Waals surface area contributed by atoms with Crippen LogP contribution in [0.1, 0.15) is 15.9 Å². The van der Waals surface area contributed by atoms with Crippen molar-refractivity contribution in [2.75, 3.05) is 13.2 Å². The predicted octanol–water partition coefficient (Wildman–Crippen LogP) is 4.41. The van der Waals surface area contributed by atoms with Gasteiger partial charge in [-0.2, -0.15) is 0 Å². The first-order valence-electron chi connectivity index (χ1n) is 9.50. The summed E-state index contributed by atoms with van der Waals surface area (Å²) in [6, 6.07) is 25.3. The van der Waals surface area contributed by atoms with Crippen LogP contribution < -0.4 is 10.1 Å². The maximum absolute atomic E-state index is 12.5. The van der Waals surface area contributed by atoms with E-state index in [0.717, 1.165) is 22.0 Å². The molecule has 0 saturated carbocycles. The Labute approximate surface area is 169 Å². The molecule has 0 fully saturated rings. The van der Waals surface area contributed by atoms with Crippen molar-refractivity contribution in [2.45, 2.75) is 6.92 Å². The van der Waals surface area contributed by atoms with Gasteiger partial charge in [0.1, 0.15) is 6.61 Å². The average molecular weight is 383 g/mol. The van der Waals surface area contributed by atoms with Gasteiger partial charge in [-0.3, -0.25) is 4.79 Å². The van der Waals surface area contributed by atoms with Crippen LogP contribution >= 0.6 is 0 Å². The maximum atomic E-state index is 12.5. The molecule has 0 spiro atoms. The maximum Gasteiger partial charge on any atom is 0.252 e. The van der Waals surface area contributed by atoms with Crippen LogP contribution in [0, 0.1) is 6.92 Å². The molecule has 0 unspecified atom stereocenters. The van der Waals surface area contributed by atoms with Gasteiger partial charge in [-0.25, -0.2) is 0 Å². The van der Waals surface area contributed by atoms with E-state index in [9.17, 15) is 4.79 Å². The smallest absolute Gasteiger partial charge is 0.252 e. The topological polar surface area (TPSA) is 64.1 Å². The highest BCUT2D eigenvalue weighted by Gasteiger charge is 2.09. The zero-order chi connectivity index (χ0) is 20.1. The number of nitrogens with zero attached hydrogens (tertiary/aromatic N) is 2. The number of aryl methyl sites for hydroxylation is 1. The first kappa shape index (κ1) is 18.6.